The topological polar surface area (TPSA) is 83.5 Å². The van der Waals surface area contributed by atoms with Crippen molar-refractivity contribution in [3.05, 3.63) is 52.0 Å². The summed E-state index contributed by atoms with van der Waals surface area (Å²) in [6.45, 7) is 2.12. The van der Waals surface area contributed by atoms with Gasteiger partial charge in [0.2, 0.25) is 0 Å². The first-order valence-corrected chi connectivity index (χ1v) is 9.07. The largest absolute Gasteiger partial charge is 0.462 e. The summed E-state index contributed by atoms with van der Waals surface area (Å²) in [5, 5.41) is 15.5. The molecule has 2 heterocycles. The third-order valence-electron chi connectivity index (χ3n) is 4.26. The van der Waals surface area contributed by atoms with Gasteiger partial charge >= 0.3 is 5.97 Å². The van der Waals surface area contributed by atoms with Crippen molar-refractivity contribution in [2.45, 2.75) is 13.3 Å². The second-order valence-electron chi connectivity index (χ2n) is 5.82. The zero-order chi connectivity index (χ0) is 18.1. The lowest BCUT2D eigenvalue weighted by atomic mass is 10.2. The van der Waals surface area contributed by atoms with Gasteiger partial charge in [0.25, 0.3) is 0 Å². The zero-order valence-corrected chi connectivity index (χ0v) is 14.9. The fraction of sp³-hybridized carbons (Fsp3) is 0.158. The van der Waals surface area contributed by atoms with E-state index in [1.54, 1.807) is 19.3 Å². The van der Waals surface area contributed by atoms with Crippen LogP contribution in [-0.4, -0.2) is 22.8 Å². The monoisotopic (exact) mass is 367 g/mol. The summed E-state index contributed by atoms with van der Waals surface area (Å²) in [5.74, 6) is -0.343. The van der Waals surface area contributed by atoms with E-state index in [9.17, 15) is 10.0 Å². The predicted molar refractivity (Wildman–Crippen MR) is 102 cm³/mol. The fourth-order valence-corrected chi connectivity index (χ4v) is 4.09. The number of carbonyl (C=O) groups is 1. The molecule has 2 aromatic heterocycles. The molecule has 0 radical (unpaired) electrons. The number of fused-ring (bicyclic) bond motifs is 2. The minimum absolute atomic E-state index is 0.325. The van der Waals surface area contributed by atoms with E-state index >= 15 is 0 Å². The van der Waals surface area contributed by atoms with Crippen molar-refractivity contribution in [1.82, 2.24) is 10.5 Å². The van der Waals surface area contributed by atoms with Crippen LogP contribution in [0.15, 0.2) is 36.7 Å². The van der Waals surface area contributed by atoms with E-state index in [-0.39, 0.29) is 5.97 Å². The number of esters is 1. The van der Waals surface area contributed by atoms with Crippen LogP contribution >= 0.6 is 11.3 Å². The van der Waals surface area contributed by atoms with Crippen LogP contribution in [0.25, 0.3) is 21.9 Å². The van der Waals surface area contributed by atoms with Gasteiger partial charge in [-0.15, -0.1) is 11.3 Å². The number of rotatable bonds is 5. The third-order valence-corrected chi connectivity index (χ3v) is 5.38. The normalized spacial score (nSPS) is 12.6. The highest BCUT2D eigenvalue weighted by atomic mass is 32.1. The molecule has 0 amide bonds. The number of hydrogen-bond donors (Lipinski definition) is 3. The van der Waals surface area contributed by atoms with Crippen LogP contribution in [-0.2, 0) is 4.74 Å². The van der Waals surface area contributed by atoms with Gasteiger partial charge in [-0.25, -0.2) is 4.79 Å². The Morgan fingerprint density at radius 1 is 1.38 bits per heavy atom. The summed E-state index contributed by atoms with van der Waals surface area (Å²) in [7, 11) is 0. The molecule has 0 atom stereocenters. The molecule has 26 heavy (non-hydrogen) atoms. The first kappa shape index (κ1) is 16.6. The molecule has 3 N–H and O–H groups in total. The van der Waals surface area contributed by atoms with E-state index in [1.165, 1.54) is 11.3 Å². The second-order valence-corrected chi connectivity index (χ2v) is 6.88. The number of ether oxygens (including phenoxy) is 1. The van der Waals surface area contributed by atoms with E-state index in [2.05, 4.69) is 15.8 Å². The maximum absolute atomic E-state index is 12.4. The average molecular weight is 367 g/mol. The molecule has 6 nitrogen and oxygen atoms in total. The Labute approximate surface area is 153 Å². The lowest BCUT2D eigenvalue weighted by Crippen LogP contribution is -2.26. The standard InChI is InChI=1S/C19H17N3O3S/c1-2-25-19(23)18-17(14-7-8-20-10-16(14)26-18)21-12-4-5-13-11(9-12)3-6-15(13)22-24/h3-5,7-10,21-22,24H,2,6H2,1H3. The van der Waals surface area contributed by atoms with Gasteiger partial charge in [0.15, 0.2) is 0 Å². The minimum atomic E-state index is -0.343. The van der Waals surface area contributed by atoms with Crippen LogP contribution in [0.1, 0.15) is 23.0 Å². The summed E-state index contributed by atoms with van der Waals surface area (Å²) in [6.07, 6.45) is 6.16. The van der Waals surface area contributed by atoms with Crippen molar-refractivity contribution in [3.63, 3.8) is 0 Å². The van der Waals surface area contributed by atoms with E-state index < -0.39 is 0 Å². The van der Waals surface area contributed by atoms with E-state index in [0.29, 0.717) is 17.9 Å². The summed E-state index contributed by atoms with van der Waals surface area (Å²) in [6, 6.07) is 7.76. The highest BCUT2D eigenvalue weighted by molar-refractivity contribution is 7.21. The van der Waals surface area contributed by atoms with E-state index in [4.69, 9.17) is 4.74 Å². The van der Waals surface area contributed by atoms with Gasteiger partial charge in [0, 0.05) is 40.8 Å². The maximum Gasteiger partial charge on any atom is 0.350 e. The quantitative estimate of drug-likeness (QED) is 0.475. The van der Waals surface area contributed by atoms with Crippen molar-refractivity contribution in [3.8, 4) is 0 Å². The Morgan fingerprint density at radius 2 is 2.27 bits per heavy atom. The fourth-order valence-electron chi connectivity index (χ4n) is 3.07. The van der Waals surface area contributed by atoms with Crippen LogP contribution in [0.2, 0.25) is 0 Å². The van der Waals surface area contributed by atoms with Gasteiger partial charge < -0.3 is 10.1 Å². The number of pyridine rings is 1. The Morgan fingerprint density at radius 3 is 3.08 bits per heavy atom. The summed E-state index contributed by atoms with van der Waals surface area (Å²) < 4.78 is 6.13. The van der Waals surface area contributed by atoms with Gasteiger partial charge in [-0.1, -0.05) is 12.1 Å². The molecule has 132 valence electrons. The molecule has 1 aliphatic carbocycles. The second kappa shape index (κ2) is 6.78. The minimum Gasteiger partial charge on any atom is -0.462 e. The molecule has 0 spiro atoms. The zero-order valence-electron chi connectivity index (χ0n) is 14.1. The summed E-state index contributed by atoms with van der Waals surface area (Å²) in [5.41, 5.74) is 4.62. The highest BCUT2D eigenvalue weighted by Gasteiger charge is 2.20. The number of anilines is 2. The maximum atomic E-state index is 12.4. The number of thiophene rings is 1. The van der Waals surface area contributed by atoms with Gasteiger partial charge in [0.1, 0.15) is 4.88 Å². The first-order chi connectivity index (χ1) is 12.7. The van der Waals surface area contributed by atoms with Crippen molar-refractivity contribution >= 4 is 50.5 Å². The van der Waals surface area contributed by atoms with Crippen LogP contribution in [0, 0.1) is 0 Å². The molecule has 0 bridgehead atoms. The average Bonchev–Trinajstić information content (AvgIpc) is 3.23. The van der Waals surface area contributed by atoms with E-state index in [0.717, 1.165) is 37.6 Å². The predicted octanol–water partition coefficient (Wildman–Crippen LogP) is 2.49. The Bertz CT molecular complexity index is 1120. The molecule has 0 fully saturated rings. The molecule has 3 aromatic rings. The molecule has 1 aliphatic rings. The number of hydrogen-bond acceptors (Lipinski definition) is 7. The smallest absolute Gasteiger partial charge is 0.350 e. The third kappa shape index (κ3) is 2.81. The van der Waals surface area contributed by atoms with Gasteiger partial charge in [-0.05, 0) is 30.3 Å². The number of benzene rings is 1. The molecule has 0 saturated heterocycles. The summed E-state index contributed by atoms with van der Waals surface area (Å²) in [4.78, 5) is 17.0. The molecule has 7 heteroatoms. The molecule has 0 saturated carbocycles. The number of hydroxylamine groups is 1. The summed E-state index contributed by atoms with van der Waals surface area (Å²) >= 11 is 1.37. The van der Waals surface area contributed by atoms with Gasteiger partial charge in [-0.3, -0.25) is 15.7 Å². The Balaban J connectivity index is 1.79. The van der Waals surface area contributed by atoms with Crippen molar-refractivity contribution < 1.29 is 14.7 Å². The van der Waals surface area contributed by atoms with Crippen molar-refractivity contribution in [1.29, 1.82) is 0 Å². The van der Waals surface area contributed by atoms with Crippen LogP contribution in [0.4, 0.5) is 11.4 Å². The Hall–Kier alpha value is -2.90. The molecular weight excluding hydrogens is 350 g/mol. The lowest BCUT2D eigenvalue weighted by molar-refractivity contribution is 0.0533. The van der Waals surface area contributed by atoms with Gasteiger partial charge in [0.05, 0.1) is 17.0 Å². The molecule has 0 aliphatic heterocycles. The number of nitrogens with one attached hydrogen (secondary N) is 2. The van der Waals surface area contributed by atoms with Crippen molar-refractivity contribution in [2.75, 3.05) is 11.9 Å². The van der Waals surface area contributed by atoms with Crippen LogP contribution in [0.5, 0.6) is 0 Å². The molecule has 0 unspecified atom stereocenters. The number of aromatic nitrogens is 1. The molecular formula is C19H17N3O3S. The van der Waals surface area contributed by atoms with E-state index in [1.807, 2.05) is 30.3 Å². The lowest BCUT2D eigenvalue weighted by Gasteiger charge is -2.08. The Kier molecular flexibility index (Phi) is 4.32. The number of nitrogens with zero attached hydrogens (tertiary/aromatic N) is 1. The van der Waals surface area contributed by atoms with Gasteiger partial charge in [-0.2, -0.15) is 0 Å². The number of carbonyl (C=O) groups excluding carboxylic acids is 1. The molecule has 4 rings (SSSR count). The van der Waals surface area contributed by atoms with Crippen LogP contribution < -0.4 is 21.2 Å². The highest BCUT2D eigenvalue weighted by Crippen LogP contribution is 2.37. The van der Waals surface area contributed by atoms with Crippen LogP contribution in [0.3, 0.4) is 0 Å². The van der Waals surface area contributed by atoms with Crippen molar-refractivity contribution in [2.24, 2.45) is 0 Å². The molecule has 1 aromatic carbocycles. The first-order valence-electron chi connectivity index (χ1n) is 8.25. The SMILES string of the molecule is CCOC(=O)c1sc2cnccc2c1Nc1ccc2c(c1)=CCC=2NO.